The molecule has 4 nitrogen and oxygen atoms in total. The molecule has 0 aliphatic heterocycles. The quantitative estimate of drug-likeness (QED) is 0.313. The number of halogens is 3. The Balaban J connectivity index is 1.86. The summed E-state index contributed by atoms with van der Waals surface area (Å²) in [6, 6.07) is 17.2. The van der Waals surface area contributed by atoms with Crippen molar-refractivity contribution in [3.63, 3.8) is 0 Å². The molecule has 0 saturated carbocycles. The van der Waals surface area contributed by atoms with Gasteiger partial charge < -0.3 is 0 Å². The monoisotopic (exact) mass is 488 g/mol. The van der Waals surface area contributed by atoms with Crippen LogP contribution in [0, 0.1) is 0 Å². The van der Waals surface area contributed by atoms with Crippen LogP contribution in [-0.4, -0.2) is 24.5 Å². The highest BCUT2D eigenvalue weighted by Gasteiger charge is 2.34. The molecule has 0 aliphatic rings. The fourth-order valence-electron chi connectivity index (χ4n) is 3.36. The topological polar surface area (TPSA) is 52.0 Å². The number of aromatic nitrogens is 2. The third kappa shape index (κ3) is 4.65. The number of hydrogen-bond donors (Lipinski definition) is 0. The smallest absolute Gasteiger partial charge is 0.231 e. The Morgan fingerprint density at radius 3 is 2.36 bits per heavy atom. The van der Waals surface area contributed by atoms with Crippen molar-refractivity contribution in [2.75, 3.05) is 6.26 Å². The van der Waals surface area contributed by atoms with Crippen molar-refractivity contribution in [2.24, 2.45) is 0 Å². The Bertz CT molecular complexity index is 1460. The van der Waals surface area contributed by atoms with E-state index in [1.807, 2.05) is 6.07 Å². The first kappa shape index (κ1) is 23.0. The molecule has 0 saturated heterocycles. The normalized spacial score (nSPS) is 12.2. The fraction of sp³-hybridized carbons (Fsp3) is 0.125. The Kier molecular flexibility index (Phi) is 5.79. The van der Waals surface area contributed by atoms with Gasteiger partial charge in [0.1, 0.15) is 0 Å². The van der Waals surface area contributed by atoms with Crippen LogP contribution in [0.4, 0.5) is 13.2 Å². The molecule has 2 aromatic carbocycles. The van der Waals surface area contributed by atoms with Gasteiger partial charge in [-0.15, -0.1) is 11.3 Å². The summed E-state index contributed by atoms with van der Waals surface area (Å²) in [5, 5.41) is 4.40. The van der Waals surface area contributed by atoms with Crippen molar-refractivity contribution in [3.05, 3.63) is 84.6 Å². The maximum absolute atomic E-state index is 13.7. The van der Waals surface area contributed by atoms with Gasteiger partial charge in [-0.25, -0.2) is 13.1 Å². The SMILES string of the molecule is C=C(C)c1cc(-c2ccc(-c3cccc(S(C)(=O)=O)c3)s2)n(-c2ccccc2C(F)(F)F)n1. The van der Waals surface area contributed by atoms with Crippen LogP contribution in [0.25, 0.3) is 32.3 Å². The summed E-state index contributed by atoms with van der Waals surface area (Å²) in [7, 11) is -3.37. The molecule has 0 N–H and O–H groups in total. The first-order chi connectivity index (χ1) is 15.4. The lowest BCUT2D eigenvalue weighted by Crippen LogP contribution is -2.12. The van der Waals surface area contributed by atoms with Gasteiger partial charge in [-0.3, -0.25) is 0 Å². The lowest BCUT2D eigenvalue weighted by molar-refractivity contribution is -0.137. The van der Waals surface area contributed by atoms with Crippen LogP contribution in [0.1, 0.15) is 18.2 Å². The summed E-state index contributed by atoms with van der Waals surface area (Å²) in [6.45, 7) is 5.61. The summed E-state index contributed by atoms with van der Waals surface area (Å²) in [5.74, 6) is 0. The van der Waals surface area contributed by atoms with E-state index >= 15 is 0 Å². The summed E-state index contributed by atoms with van der Waals surface area (Å²) in [4.78, 5) is 1.67. The van der Waals surface area contributed by atoms with Crippen molar-refractivity contribution in [1.29, 1.82) is 0 Å². The average Bonchev–Trinajstić information content (AvgIpc) is 3.40. The van der Waals surface area contributed by atoms with E-state index in [1.54, 1.807) is 37.3 Å². The second kappa shape index (κ2) is 8.31. The molecular formula is C24H19F3N2O2S2. The second-order valence-electron chi connectivity index (χ2n) is 7.59. The van der Waals surface area contributed by atoms with Gasteiger partial charge in [0.15, 0.2) is 9.84 Å². The lowest BCUT2D eigenvalue weighted by Gasteiger charge is -2.14. The van der Waals surface area contributed by atoms with Crippen LogP contribution >= 0.6 is 11.3 Å². The molecule has 33 heavy (non-hydrogen) atoms. The number of benzene rings is 2. The van der Waals surface area contributed by atoms with Crippen molar-refractivity contribution >= 4 is 26.7 Å². The maximum Gasteiger partial charge on any atom is 0.418 e. The minimum absolute atomic E-state index is 0.0819. The van der Waals surface area contributed by atoms with E-state index in [0.29, 0.717) is 27.4 Å². The zero-order chi connectivity index (χ0) is 24.0. The third-order valence-electron chi connectivity index (χ3n) is 4.99. The summed E-state index contributed by atoms with van der Waals surface area (Å²) < 4.78 is 66.2. The molecule has 0 atom stereocenters. The summed E-state index contributed by atoms with van der Waals surface area (Å²) in [5.41, 5.74) is 1.42. The number of thiophene rings is 1. The molecule has 0 fully saturated rings. The Hall–Kier alpha value is -3.17. The fourth-order valence-corrected chi connectivity index (χ4v) is 5.03. The van der Waals surface area contributed by atoms with Crippen LogP contribution in [0.3, 0.4) is 0 Å². The molecule has 0 aliphatic carbocycles. The summed E-state index contributed by atoms with van der Waals surface area (Å²) in [6.07, 6.45) is -3.41. The average molecular weight is 489 g/mol. The van der Waals surface area contributed by atoms with Gasteiger partial charge in [0, 0.05) is 11.1 Å². The van der Waals surface area contributed by atoms with E-state index in [-0.39, 0.29) is 10.6 Å². The molecule has 4 aromatic rings. The number of nitrogens with zero attached hydrogens (tertiary/aromatic N) is 2. The van der Waals surface area contributed by atoms with Crippen molar-refractivity contribution in [3.8, 4) is 26.7 Å². The summed E-state index contributed by atoms with van der Waals surface area (Å²) >= 11 is 1.34. The highest BCUT2D eigenvalue weighted by molar-refractivity contribution is 7.90. The lowest BCUT2D eigenvalue weighted by atomic mass is 10.1. The van der Waals surface area contributed by atoms with Gasteiger partial charge in [-0.2, -0.15) is 18.3 Å². The van der Waals surface area contributed by atoms with Gasteiger partial charge in [0.05, 0.1) is 32.4 Å². The standard InChI is InChI=1S/C24H19F3N2O2S2/c1-15(2)19-14-21(29(28-19)20-10-5-4-9-18(20)24(25,26)27)23-12-11-22(32-23)16-7-6-8-17(13-16)33(3,30)31/h4-14H,1H2,2-3H3. The molecule has 0 amide bonds. The predicted molar refractivity (Wildman–Crippen MR) is 125 cm³/mol. The number of sulfone groups is 1. The Morgan fingerprint density at radius 2 is 1.70 bits per heavy atom. The molecule has 0 unspecified atom stereocenters. The molecule has 9 heteroatoms. The number of hydrogen-bond acceptors (Lipinski definition) is 4. The molecule has 0 spiro atoms. The van der Waals surface area contributed by atoms with E-state index in [9.17, 15) is 21.6 Å². The first-order valence-electron chi connectivity index (χ1n) is 9.78. The van der Waals surface area contributed by atoms with Gasteiger partial charge in [0.2, 0.25) is 0 Å². The zero-order valence-corrected chi connectivity index (χ0v) is 19.4. The number of rotatable bonds is 5. The molecular weight excluding hydrogens is 469 g/mol. The molecule has 2 aromatic heterocycles. The van der Waals surface area contributed by atoms with E-state index in [1.165, 1.54) is 40.3 Å². The highest BCUT2D eigenvalue weighted by Crippen LogP contribution is 2.39. The van der Waals surface area contributed by atoms with Crippen LogP contribution in [0.5, 0.6) is 0 Å². The first-order valence-corrected chi connectivity index (χ1v) is 12.5. The van der Waals surface area contributed by atoms with Crippen LogP contribution in [0.2, 0.25) is 0 Å². The van der Waals surface area contributed by atoms with Crippen LogP contribution in [0.15, 0.2) is 78.2 Å². The van der Waals surface area contributed by atoms with Gasteiger partial charge in [-0.05, 0) is 60.5 Å². The van der Waals surface area contributed by atoms with Crippen LogP contribution in [-0.2, 0) is 16.0 Å². The van der Waals surface area contributed by atoms with Crippen molar-refractivity contribution < 1.29 is 21.6 Å². The van der Waals surface area contributed by atoms with Gasteiger partial charge >= 0.3 is 6.18 Å². The number of allylic oxidation sites excluding steroid dienone is 1. The van der Waals surface area contributed by atoms with Crippen molar-refractivity contribution in [2.45, 2.75) is 18.0 Å². The Labute approximate surface area is 193 Å². The van der Waals surface area contributed by atoms with E-state index in [0.717, 1.165) is 17.2 Å². The van der Waals surface area contributed by atoms with Crippen molar-refractivity contribution in [1.82, 2.24) is 9.78 Å². The van der Waals surface area contributed by atoms with Gasteiger partial charge in [0.25, 0.3) is 0 Å². The number of para-hydroxylation sites is 1. The van der Waals surface area contributed by atoms with E-state index in [2.05, 4.69) is 11.7 Å². The highest BCUT2D eigenvalue weighted by atomic mass is 32.2. The zero-order valence-electron chi connectivity index (χ0n) is 17.7. The minimum Gasteiger partial charge on any atom is -0.231 e. The molecule has 4 rings (SSSR count). The number of alkyl halides is 3. The van der Waals surface area contributed by atoms with E-state index < -0.39 is 21.6 Å². The molecule has 2 heterocycles. The molecule has 170 valence electrons. The molecule has 0 bridgehead atoms. The second-order valence-corrected chi connectivity index (χ2v) is 10.7. The Morgan fingerprint density at radius 1 is 1.00 bits per heavy atom. The third-order valence-corrected chi connectivity index (χ3v) is 7.26. The van der Waals surface area contributed by atoms with E-state index in [4.69, 9.17) is 0 Å². The molecule has 0 radical (unpaired) electrons. The maximum atomic E-state index is 13.7. The minimum atomic E-state index is -4.55. The predicted octanol–water partition coefficient (Wildman–Crippen LogP) is 6.72. The van der Waals surface area contributed by atoms with Gasteiger partial charge in [-0.1, -0.05) is 30.8 Å². The van der Waals surface area contributed by atoms with Crippen LogP contribution < -0.4 is 0 Å². The largest absolute Gasteiger partial charge is 0.418 e.